The molecule has 2 rings (SSSR count). The molecule has 18 heavy (non-hydrogen) atoms. The minimum absolute atomic E-state index is 0.0104. The average Bonchev–Trinajstić information content (AvgIpc) is 2.35. The van der Waals surface area contributed by atoms with E-state index in [2.05, 4.69) is 11.8 Å². The molecule has 0 amide bonds. The van der Waals surface area contributed by atoms with Gasteiger partial charge in [0, 0.05) is 5.56 Å². The molecule has 1 aromatic carbocycles. The zero-order chi connectivity index (χ0) is 13.1. The van der Waals surface area contributed by atoms with Crippen LogP contribution >= 0.6 is 0 Å². The van der Waals surface area contributed by atoms with Crippen LogP contribution in [0.2, 0.25) is 0 Å². The molecule has 2 N–H and O–H groups in total. The van der Waals surface area contributed by atoms with Gasteiger partial charge in [-0.2, -0.15) is 0 Å². The number of anilines is 1. The number of hydrogen-bond acceptors (Lipinski definition) is 3. The van der Waals surface area contributed by atoms with Gasteiger partial charge in [-0.25, -0.2) is 4.39 Å². The largest absolute Gasteiger partial charge is 0.396 e. The van der Waals surface area contributed by atoms with Crippen molar-refractivity contribution in [2.24, 2.45) is 5.92 Å². The van der Waals surface area contributed by atoms with Crippen LogP contribution in [0, 0.1) is 11.7 Å². The summed E-state index contributed by atoms with van der Waals surface area (Å²) in [7, 11) is 0. The molecule has 0 unspecified atom stereocenters. The van der Waals surface area contributed by atoms with Crippen molar-refractivity contribution >= 4 is 11.5 Å². The van der Waals surface area contributed by atoms with Crippen LogP contribution in [-0.2, 0) is 0 Å². The van der Waals surface area contributed by atoms with Gasteiger partial charge in [0.05, 0.1) is 12.2 Å². The van der Waals surface area contributed by atoms with Gasteiger partial charge < -0.3 is 5.73 Å². The number of carbonyl (C=O) groups is 1. The van der Waals surface area contributed by atoms with Gasteiger partial charge in [0.1, 0.15) is 5.82 Å². The van der Waals surface area contributed by atoms with E-state index in [0.29, 0.717) is 12.1 Å². The first-order valence-corrected chi connectivity index (χ1v) is 6.37. The van der Waals surface area contributed by atoms with Crippen LogP contribution in [0.1, 0.15) is 30.1 Å². The number of halogens is 1. The van der Waals surface area contributed by atoms with E-state index in [0.717, 1.165) is 31.8 Å². The lowest BCUT2D eigenvalue weighted by Gasteiger charge is -2.29. The van der Waals surface area contributed by atoms with Crippen LogP contribution in [0.15, 0.2) is 18.2 Å². The smallest absolute Gasteiger partial charge is 0.176 e. The molecule has 98 valence electrons. The molecule has 1 saturated heterocycles. The Bertz CT molecular complexity index is 439. The molecular formula is C14H19FN2O. The van der Waals surface area contributed by atoms with Crippen LogP contribution in [0.4, 0.5) is 10.1 Å². The molecule has 0 radical (unpaired) electrons. The number of carbonyl (C=O) groups excluding carboxylic acids is 1. The number of ketones is 1. The fourth-order valence-corrected chi connectivity index (χ4v) is 2.23. The summed E-state index contributed by atoms with van der Waals surface area (Å²) in [6.07, 6.45) is 2.28. The summed E-state index contributed by atoms with van der Waals surface area (Å²) >= 11 is 0. The Morgan fingerprint density at radius 3 is 2.72 bits per heavy atom. The summed E-state index contributed by atoms with van der Waals surface area (Å²) in [5.41, 5.74) is 6.00. The predicted octanol–water partition coefficient (Wildman–Crippen LogP) is 2.32. The van der Waals surface area contributed by atoms with Gasteiger partial charge in [-0.1, -0.05) is 6.92 Å². The van der Waals surface area contributed by atoms with Gasteiger partial charge >= 0.3 is 0 Å². The topological polar surface area (TPSA) is 46.3 Å². The molecule has 0 aliphatic carbocycles. The molecule has 0 atom stereocenters. The lowest BCUT2D eigenvalue weighted by molar-refractivity contribution is 0.0900. The number of nitrogens with zero attached hydrogens (tertiary/aromatic N) is 1. The maximum Gasteiger partial charge on any atom is 0.176 e. The molecule has 1 heterocycles. The maximum absolute atomic E-state index is 13.0. The van der Waals surface area contributed by atoms with E-state index in [1.165, 1.54) is 18.2 Å². The lowest BCUT2D eigenvalue weighted by atomic mass is 9.98. The van der Waals surface area contributed by atoms with E-state index in [9.17, 15) is 9.18 Å². The molecule has 0 aromatic heterocycles. The van der Waals surface area contributed by atoms with Crippen molar-refractivity contribution in [1.82, 2.24) is 4.90 Å². The Morgan fingerprint density at radius 1 is 1.44 bits per heavy atom. The Hall–Kier alpha value is -1.42. The van der Waals surface area contributed by atoms with E-state index < -0.39 is 5.82 Å². The number of rotatable bonds is 3. The van der Waals surface area contributed by atoms with Crippen LogP contribution in [-0.4, -0.2) is 30.3 Å². The highest BCUT2D eigenvalue weighted by Crippen LogP contribution is 2.17. The number of nitrogen functional groups attached to an aromatic ring is 1. The monoisotopic (exact) mass is 250 g/mol. The summed E-state index contributed by atoms with van der Waals surface area (Å²) in [5, 5.41) is 0. The molecule has 0 spiro atoms. The second kappa shape index (κ2) is 5.48. The highest BCUT2D eigenvalue weighted by Gasteiger charge is 2.18. The Balaban J connectivity index is 1.97. The third-order valence-electron chi connectivity index (χ3n) is 3.56. The zero-order valence-electron chi connectivity index (χ0n) is 10.7. The van der Waals surface area contributed by atoms with Gasteiger partial charge in [0.25, 0.3) is 0 Å². The predicted molar refractivity (Wildman–Crippen MR) is 70.0 cm³/mol. The van der Waals surface area contributed by atoms with Crippen LogP contribution in [0.3, 0.4) is 0 Å². The third kappa shape index (κ3) is 3.07. The summed E-state index contributed by atoms with van der Waals surface area (Å²) in [6.45, 7) is 4.56. The minimum Gasteiger partial charge on any atom is -0.396 e. The molecule has 1 fully saturated rings. The number of piperidine rings is 1. The summed E-state index contributed by atoms with van der Waals surface area (Å²) in [4.78, 5) is 14.2. The normalized spacial score (nSPS) is 17.9. The first-order chi connectivity index (χ1) is 8.56. The molecule has 0 saturated carbocycles. The van der Waals surface area contributed by atoms with Crippen molar-refractivity contribution in [1.29, 1.82) is 0 Å². The van der Waals surface area contributed by atoms with E-state index in [1.807, 2.05) is 0 Å². The Kier molecular flexibility index (Phi) is 3.97. The summed E-state index contributed by atoms with van der Waals surface area (Å²) < 4.78 is 13.0. The quantitative estimate of drug-likeness (QED) is 0.661. The molecule has 4 heteroatoms. The molecule has 3 nitrogen and oxygen atoms in total. The Morgan fingerprint density at radius 2 is 2.11 bits per heavy atom. The average molecular weight is 250 g/mol. The lowest BCUT2D eigenvalue weighted by Crippen LogP contribution is -2.36. The fraction of sp³-hybridized carbons (Fsp3) is 0.500. The first-order valence-electron chi connectivity index (χ1n) is 6.37. The van der Waals surface area contributed by atoms with Crippen LogP contribution in [0.25, 0.3) is 0 Å². The molecule has 1 aliphatic rings. The van der Waals surface area contributed by atoms with Gasteiger partial charge in [-0.3, -0.25) is 9.69 Å². The number of benzene rings is 1. The molecular weight excluding hydrogens is 231 g/mol. The molecule has 0 bridgehead atoms. The zero-order valence-corrected chi connectivity index (χ0v) is 10.7. The van der Waals surface area contributed by atoms with Crippen molar-refractivity contribution in [3.8, 4) is 0 Å². The molecule has 1 aliphatic heterocycles. The van der Waals surface area contributed by atoms with Crippen molar-refractivity contribution in [3.63, 3.8) is 0 Å². The maximum atomic E-state index is 13.0. The minimum atomic E-state index is -0.474. The Labute approximate surface area is 107 Å². The number of nitrogens with two attached hydrogens (primary N) is 1. The second-order valence-electron chi connectivity index (χ2n) is 5.12. The van der Waals surface area contributed by atoms with Gasteiger partial charge in [-0.05, 0) is 50.0 Å². The summed E-state index contributed by atoms with van der Waals surface area (Å²) in [5.74, 6) is 0.285. The fourth-order valence-electron chi connectivity index (χ4n) is 2.23. The van der Waals surface area contributed by atoms with Crippen LogP contribution < -0.4 is 5.73 Å². The van der Waals surface area contributed by atoms with Crippen molar-refractivity contribution in [2.75, 3.05) is 25.4 Å². The van der Waals surface area contributed by atoms with E-state index in [4.69, 9.17) is 5.73 Å². The van der Waals surface area contributed by atoms with Crippen molar-refractivity contribution in [2.45, 2.75) is 19.8 Å². The van der Waals surface area contributed by atoms with E-state index in [1.54, 1.807) is 0 Å². The van der Waals surface area contributed by atoms with Crippen LogP contribution in [0.5, 0.6) is 0 Å². The highest BCUT2D eigenvalue weighted by molar-refractivity contribution is 5.98. The summed E-state index contributed by atoms with van der Waals surface area (Å²) in [6, 6.07) is 4.17. The van der Waals surface area contributed by atoms with Gasteiger partial charge in [-0.15, -0.1) is 0 Å². The second-order valence-corrected chi connectivity index (χ2v) is 5.12. The van der Waals surface area contributed by atoms with E-state index in [-0.39, 0.29) is 11.5 Å². The number of Topliss-reactive ketones (excluding diaryl/α,β-unsaturated/α-hetero) is 1. The third-order valence-corrected chi connectivity index (χ3v) is 3.56. The number of hydrogen-bond donors (Lipinski definition) is 1. The van der Waals surface area contributed by atoms with Gasteiger partial charge in [0.2, 0.25) is 0 Å². The molecule has 1 aromatic rings. The van der Waals surface area contributed by atoms with Crippen molar-refractivity contribution in [3.05, 3.63) is 29.6 Å². The number of likely N-dealkylation sites (tertiary alicyclic amines) is 1. The highest BCUT2D eigenvalue weighted by atomic mass is 19.1. The standard InChI is InChI=1S/C14H19FN2O/c1-10-4-6-17(7-5-10)9-14(18)11-2-3-12(15)13(16)8-11/h2-3,8,10H,4-7,9,16H2,1H3. The first kappa shape index (κ1) is 13.0. The van der Waals surface area contributed by atoms with E-state index >= 15 is 0 Å². The SMILES string of the molecule is CC1CCN(CC(=O)c2ccc(F)c(N)c2)CC1. The van der Waals surface area contributed by atoms with Crippen molar-refractivity contribution < 1.29 is 9.18 Å². The van der Waals surface area contributed by atoms with Gasteiger partial charge in [0.15, 0.2) is 5.78 Å².